The summed E-state index contributed by atoms with van der Waals surface area (Å²) in [6.45, 7) is 2.15. The molecular formula is C4H8Br2. The van der Waals surface area contributed by atoms with Crippen LogP contribution in [0.2, 0.25) is 0 Å². The smallest absolute Gasteiger partial charge is 0.0240 e. The van der Waals surface area contributed by atoms with E-state index in [-0.39, 0.29) is 0 Å². The van der Waals surface area contributed by atoms with Crippen LogP contribution in [0.25, 0.3) is 0 Å². The topological polar surface area (TPSA) is 0 Å². The lowest BCUT2D eigenvalue weighted by Crippen LogP contribution is -1.93. The monoisotopic (exact) mass is 214 g/mol. The molecule has 0 unspecified atom stereocenters. The van der Waals surface area contributed by atoms with Gasteiger partial charge in [-0.3, -0.25) is 0 Å². The van der Waals surface area contributed by atoms with E-state index in [1.165, 1.54) is 6.42 Å². The molecule has 0 saturated carbocycles. The molecule has 0 radical (unpaired) electrons. The second kappa shape index (κ2) is 4.13. The van der Waals surface area contributed by atoms with Gasteiger partial charge in [0.25, 0.3) is 0 Å². The quantitative estimate of drug-likeness (QED) is 0.622. The van der Waals surface area contributed by atoms with E-state index in [9.17, 15) is 0 Å². The molecule has 0 saturated heterocycles. The molecule has 0 aromatic rings. The molecule has 0 heterocycles. The Bertz CT molecular complexity index is 24.7. The first kappa shape index (κ1) is 6.96. The summed E-state index contributed by atoms with van der Waals surface area (Å²) < 4.78 is 0. The molecule has 0 aromatic carbocycles. The average Bonchev–Trinajstić information content (AvgIpc) is 1.65. The fraction of sp³-hybridized carbons (Fsp3) is 1.00. The summed E-state index contributed by atoms with van der Waals surface area (Å²) in [7, 11) is 0. The van der Waals surface area contributed by atoms with Crippen LogP contribution in [0.3, 0.4) is 0 Å². The maximum absolute atomic E-state index is 3.43. The number of hydrogen-bond acceptors (Lipinski definition) is 0. The fourth-order valence-electron chi connectivity index (χ4n) is 0.109. The Morgan fingerprint density at radius 2 is 2.17 bits per heavy atom. The molecule has 0 nitrogen and oxygen atoms in total. The first-order valence-electron chi connectivity index (χ1n) is 2.01. The van der Waals surface area contributed by atoms with E-state index >= 15 is 0 Å². The van der Waals surface area contributed by atoms with Crippen LogP contribution in [-0.2, 0) is 0 Å². The zero-order valence-electron chi connectivity index (χ0n) is 3.75. The summed E-state index contributed by atoms with van der Waals surface area (Å²) >= 11 is 6.76. The van der Waals surface area contributed by atoms with Crippen LogP contribution in [0.4, 0.5) is 0 Å². The Hall–Kier alpha value is 0.960. The Morgan fingerprint density at radius 1 is 1.67 bits per heavy atom. The van der Waals surface area contributed by atoms with Crippen molar-refractivity contribution in [2.75, 3.05) is 5.33 Å². The summed E-state index contributed by atoms with van der Waals surface area (Å²) in [5, 5.41) is 1.06. The van der Waals surface area contributed by atoms with Gasteiger partial charge < -0.3 is 0 Å². The number of rotatable bonds is 2. The van der Waals surface area contributed by atoms with Crippen LogP contribution in [-0.4, -0.2) is 10.2 Å². The van der Waals surface area contributed by atoms with Crippen LogP contribution in [0.15, 0.2) is 0 Å². The highest BCUT2D eigenvalue weighted by atomic mass is 79.9. The molecule has 2 heteroatoms. The Morgan fingerprint density at radius 3 is 2.17 bits per heavy atom. The minimum atomic E-state index is 0.664. The van der Waals surface area contributed by atoms with E-state index < -0.39 is 0 Å². The van der Waals surface area contributed by atoms with Crippen molar-refractivity contribution in [2.24, 2.45) is 0 Å². The molecule has 0 amide bonds. The van der Waals surface area contributed by atoms with Gasteiger partial charge in [-0.25, -0.2) is 0 Å². The SMILES string of the molecule is CC[C@@H](Br)CBr. The molecule has 0 aliphatic heterocycles. The highest BCUT2D eigenvalue weighted by Crippen LogP contribution is 2.05. The van der Waals surface area contributed by atoms with Gasteiger partial charge in [-0.05, 0) is 6.42 Å². The lowest BCUT2D eigenvalue weighted by Gasteiger charge is -1.95. The number of alkyl halides is 2. The van der Waals surface area contributed by atoms with Crippen molar-refractivity contribution in [1.82, 2.24) is 0 Å². The Balaban J connectivity index is 2.75. The third-order valence-electron chi connectivity index (χ3n) is 0.610. The van der Waals surface area contributed by atoms with Crippen LogP contribution >= 0.6 is 31.9 Å². The zero-order chi connectivity index (χ0) is 4.99. The third-order valence-corrected chi connectivity index (χ3v) is 3.23. The van der Waals surface area contributed by atoms with Crippen molar-refractivity contribution in [3.63, 3.8) is 0 Å². The lowest BCUT2D eigenvalue weighted by molar-refractivity contribution is 0.937. The molecule has 0 aliphatic rings. The molecule has 0 bridgehead atoms. The van der Waals surface area contributed by atoms with Gasteiger partial charge in [0.05, 0.1) is 0 Å². The molecule has 0 aliphatic carbocycles. The van der Waals surface area contributed by atoms with E-state index in [2.05, 4.69) is 38.8 Å². The Labute approximate surface area is 55.6 Å². The van der Waals surface area contributed by atoms with Crippen LogP contribution < -0.4 is 0 Å². The zero-order valence-corrected chi connectivity index (χ0v) is 6.92. The molecule has 0 rings (SSSR count). The van der Waals surface area contributed by atoms with Crippen molar-refractivity contribution >= 4 is 31.9 Å². The third kappa shape index (κ3) is 3.16. The average molecular weight is 216 g/mol. The summed E-state index contributed by atoms with van der Waals surface area (Å²) in [6, 6.07) is 0. The molecule has 0 fully saturated rings. The highest BCUT2D eigenvalue weighted by Gasteiger charge is 1.92. The van der Waals surface area contributed by atoms with Gasteiger partial charge in [0.15, 0.2) is 0 Å². The number of halogens is 2. The lowest BCUT2D eigenvalue weighted by atomic mass is 10.4. The number of hydrogen-bond donors (Lipinski definition) is 0. The molecule has 0 aromatic heterocycles. The summed E-state index contributed by atoms with van der Waals surface area (Å²) in [5.74, 6) is 0. The molecule has 6 heavy (non-hydrogen) atoms. The van der Waals surface area contributed by atoms with Gasteiger partial charge in [-0.15, -0.1) is 0 Å². The molecular weight excluding hydrogens is 208 g/mol. The second-order valence-electron chi connectivity index (χ2n) is 1.16. The predicted octanol–water partition coefficient (Wildman–Crippen LogP) is 2.55. The van der Waals surface area contributed by atoms with Crippen LogP contribution in [0.5, 0.6) is 0 Å². The van der Waals surface area contributed by atoms with E-state index in [0.29, 0.717) is 4.83 Å². The van der Waals surface area contributed by atoms with Crippen molar-refractivity contribution in [3.8, 4) is 0 Å². The van der Waals surface area contributed by atoms with Crippen LogP contribution in [0.1, 0.15) is 13.3 Å². The van der Waals surface area contributed by atoms with Crippen molar-refractivity contribution in [1.29, 1.82) is 0 Å². The van der Waals surface area contributed by atoms with E-state index in [1.807, 2.05) is 0 Å². The standard InChI is InChI=1S/C4H8Br2/c1-2-4(6)3-5/h4H,2-3H2,1H3/t4-/m1/s1. The van der Waals surface area contributed by atoms with Gasteiger partial charge in [0, 0.05) is 10.2 Å². The van der Waals surface area contributed by atoms with Crippen molar-refractivity contribution < 1.29 is 0 Å². The molecule has 1 atom stereocenters. The summed E-state index contributed by atoms with van der Waals surface area (Å²) in [5.41, 5.74) is 0. The largest absolute Gasteiger partial charge is 0.0916 e. The van der Waals surface area contributed by atoms with Crippen LogP contribution in [0, 0.1) is 0 Å². The van der Waals surface area contributed by atoms with Gasteiger partial charge in [-0.2, -0.15) is 0 Å². The summed E-state index contributed by atoms with van der Waals surface area (Å²) in [6.07, 6.45) is 1.20. The van der Waals surface area contributed by atoms with Gasteiger partial charge >= 0.3 is 0 Å². The molecule has 0 spiro atoms. The molecule has 38 valence electrons. The predicted molar refractivity (Wildman–Crippen MR) is 36.8 cm³/mol. The maximum atomic E-state index is 3.43. The summed E-state index contributed by atoms with van der Waals surface area (Å²) in [4.78, 5) is 0.664. The second-order valence-corrected chi connectivity index (χ2v) is 3.10. The fourth-order valence-corrected chi connectivity index (χ4v) is 0.567. The Kier molecular flexibility index (Phi) is 4.79. The van der Waals surface area contributed by atoms with E-state index in [4.69, 9.17) is 0 Å². The van der Waals surface area contributed by atoms with Crippen molar-refractivity contribution in [2.45, 2.75) is 18.2 Å². The van der Waals surface area contributed by atoms with Crippen molar-refractivity contribution in [3.05, 3.63) is 0 Å². The van der Waals surface area contributed by atoms with E-state index in [1.54, 1.807) is 0 Å². The minimum absolute atomic E-state index is 0.664. The van der Waals surface area contributed by atoms with Gasteiger partial charge in [0.2, 0.25) is 0 Å². The van der Waals surface area contributed by atoms with Gasteiger partial charge in [0.1, 0.15) is 0 Å². The highest BCUT2D eigenvalue weighted by molar-refractivity contribution is 9.12. The first-order chi connectivity index (χ1) is 2.81. The van der Waals surface area contributed by atoms with Gasteiger partial charge in [-0.1, -0.05) is 38.8 Å². The maximum Gasteiger partial charge on any atom is 0.0240 e. The molecule has 0 N–H and O–H groups in total. The van der Waals surface area contributed by atoms with E-state index in [0.717, 1.165) is 5.33 Å². The normalized spacial score (nSPS) is 14.5. The first-order valence-corrected chi connectivity index (χ1v) is 4.05. The minimum Gasteiger partial charge on any atom is -0.0916 e.